The summed E-state index contributed by atoms with van der Waals surface area (Å²) in [6.45, 7) is 4.35. The molecule has 0 bridgehead atoms. The van der Waals surface area contributed by atoms with Crippen molar-refractivity contribution in [2.24, 2.45) is 0 Å². The molecule has 1 saturated heterocycles. The number of halogens is 1. The van der Waals surface area contributed by atoms with E-state index in [0.717, 1.165) is 4.47 Å². The molecule has 0 aromatic heterocycles. The molecule has 0 saturated carbocycles. The fraction of sp³-hybridized carbons (Fsp3) is 0.500. The van der Waals surface area contributed by atoms with Gasteiger partial charge in [-0.05, 0) is 32.4 Å². The monoisotopic (exact) mass is 342 g/mol. The number of nitrogens with one attached hydrogen (secondary N) is 2. The van der Waals surface area contributed by atoms with Crippen LogP contribution in [0.15, 0.2) is 22.7 Å². The molecular formula is C14H19BrN2O3. The predicted molar refractivity (Wildman–Crippen MR) is 81.0 cm³/mol. The molecule has 1 heterocycles. The zero-order chi connectivity index (χ0) is 14.7. The first-order chi connectivity index (χ1) is 9.44. The average Bonchev–Trinajstić information content (AvgIpc) is 2.74. The molecule has 2 rings (SSSR count). The van der Waals surface area contributed by atoms with Gasteiger partial charge in [0.2, 0.25) is 5.91 Å². The number of rotatable bonds is 4. The third-order valence-electron chi connectivity index (χ3n) is 2.93. The molecule has 1 amide bonds. The van der Waals surface area contributed by atoms with Gasteiger partial charge in [0.1, 0.15) is 5.75 Å². The minimum atomic E-state index is -0.451. The molecule has 0 spiro atoms. The quantitative estimate of drug-likeness (QED) is 0.781. The van der Waals surface area contributed by atoms with Crippen molar-refractivity contribution in [2.45, 2.75) is 38.5 Å². The van der Waals surface area contributed by atoms with Crippen LogP contribution in [-0.2, 0) is 4.79 Å². The summed E-state index contributed by atoms with van der Waals surface area (Å²) in [5, 5.41) is 15.3. The number of β-amino-alcohol motifs (C(OH)–C–C–N with tert-alkyl or cyclic N) is 1. The number of benzene rings is 1. The van der Waals surface area contributed by atoms with Crippen molar-refractivity contribution in [2.75, 3.05) is 11.9 Å². The van der Waals surface area contributed by atoms with E-state index in [2.05, 4.69) is 26.6 Å². The Morgan fingerprint density at radius 1 is 1.50 bits per heavy atom. The highest BCUT2D eigenvalue weighted by molar-refractivity contribution is 9.10. The van der Waals surface area contributed by atoms with E-state index in [0.29, 0.717) is 24.4 Å². The zero-order valence-electron chi connectivity index (χ0n) is 11.5. The van der Waals surface area contributed by atoms with E-state index >= 15 is 0 Å². The Morgan fingerprint density at radius 2 is 2.25 bits per heavy atom. The van der Waals surface area contributed by atoms with Gasteiger partial charge < -0.3 is 20.5 Å². The van der Waals surface area contributed by atoms with Crippen molar-refractivity contribution in [3.63, 3.8) is 0 Å². The van der Waals surface area contributed by atoms with Crippen LogP contribution >= 0.6 is 15.9 Å². The van der Waals surface area contributed by atoms with Crippen LogP contribution in [0.25, 0.3) is 0 Å². The maximum Gasteiger partial charge on any atom is 0.241 e. The minimum Gasteiger partial charge on any atom is -0.491 e. The fourth-order valence-electron chi connectivity index (χ4n) is 2.12. The number of aliphatic hydroxyl groups is 1. The van der Waals surface area contributed by atoms with Crippen molar-refractivity contribution < 1.29 is 14.6 Å². The number of carbonyl (C=O) groups excluding carboxylic acids is 1. The van der Waals surface area contributed by atoms with E-state index < -0.39 is 6.10 Å². The summed E-state index contributed by atoms with van der Waals surface area (Å²) in [5.74, 6) is 0.555. The molecular weight excluding hydrogens is 324 g/mol. The van der Waals surface area contributed by atoms with E-state index in [1.165, 1.54) is 0 Å². The molecule has 5 nitrogen and oxygen atoms in total. The Kier molecular flexibility index (Phi) is 5.01. The summed E-state index contributed by atoms with van der Waals surface area (Å²) >= 11 is 3.40. The number of hydrogen-bond donors (Lipinski definition) is 3. The topological polar surface area (TPSA) is 70.6 Å². The lowest BCUT2D eigenvalue weighted by Crippen LogP contribution is -2.35. The van der Waals surface area contributed by atoms with Crippen LogP contribution in [0, 0.1) is 0 Å². The molecule has 1 aliphatic rings. The number of ether oxygens (including phenoxy) is 1. The van der Waals surface area contributed by atoms with Crippen LogP contribution < -0.4 is 15.4 Å². The van der Waals surface area contributed by atoms with Gasteiger partial charge in [0, 0.05) is 22.8 Å². The van der Waals surface area contributed by atoms with Crippen LogP contribution in [0.4, 0.5) is 5.69 Å². The van der Waals surface area contributed by atoms with Gasteiger partial charge >= 0.3 is 0 Å². The molecule has 3 N–H and O–H groups in total. The first kappa shape index (κ1) is 15.3. The Balaban J connectivity index is 2.05. The zero-order valence-corrected chi connectivity index (χ0v) is 13.1. The largest absolute Gasteiger partial charge is 0.491 e. The highest BCUT2D eigenvalue weighted by atomic mass is 79.9. The summed E-state index contributed by atoms with van der Waals surface area (Å²) in [4.78, 5) is 12.1. The van der Waals surface area contributed by atoms with Gasteiger partial charge in [0.25, 0.3) is 0 Å². The average molecular weight is 343 g/mol. The summed E-state index contributed by atoms with van der Waals surface area (Å²) in [6.07, 6.45) is 0.0578. The van der Waals surface area contributed by atoms with Crippen molar-refractivity contribution in [1.82, 2.24) is 5.32 Å². The summed E-state index contributed by atoms with van der Waals surface area (Å²) in [7, 11) is 0. The van der Waals surface area contributed by atoms with Crippen LogP contribution in [0.5, 0.6) is 5.75 Å². The summed E-state index contributed by atoms with van der Waals surface area (Å²) in [5.41, 5.74) is 0.670. The standard InChI is InChI=1S/C14H19BrN2O3/c1-8(2)20-12-4-9(15)3-10(5-12)17-14(19)13-6-11(18)7-16-13/h3-5,8,11,13,16,18H,6-7H2,1-2H3,(H,17,19)/t11-,13+/m0/s1. The highest BCUT2D eigenvalue weighted by Crippen LogP contribution is 2.26. The van der Waals surface area contributed by atoms with E-state index in [4.69, 9.17) is 4.74 Å². The highest BCUT2D eigenvalue weighted by Gasteiger charge is 2.28. The van der Waals surface area contributed by atoms with Gasteiger partial charge in [-0.3, -0.25) is 4.79 Å². The van der Waals surface area contributed by atoms with Crippen LogP contribution in [-0.4, -0.2) is 35.8 Å². The summed E-state index contributed by atoms with van der Waals surface area (Å²) < 4.78 is 6.46. The number of aliphatic hydroxyl groups excluding tert-OH is 1. The van der Waals surface area contributed by atoms with E-state index in [9.17, 15) is 9.90 Å². The Morgan fingerprint density at radius 3 is 2.85 bits per heavy atom. The van der Waals surface area contributed by atoms with Gasteiger partial charge in [-0.15, -0.1) is 0 Å². The number of hydrogen-bond acceptors (Lipinski definition) is 4. The predicted octanol–water partition coefficient (Wildman–Crippen LogP) is 1.90. The molecule has 1 aromatic carbocycles. The van der Waals surface area contributed by atoms with Gasteiger partial charge in [-0.1, -0.05) is 15.9 Å². The Labute approximate surface area is 126 Å². The van der Waals surface area contributed by atoms with Crippen LogP contribution in [0.2, 0.25) is 0 Å². The lowest BCUT2D eigenvalue weighted by Gasteiger charge is -2.14. The second-order valence-corrected chi connectivity index (χ2v) is 6.10. The van der Waals surface area contributed by atoms with Crippen LogP contribution in [0.1, 0.15) is 20.3 Å². The van der Waals surface area contributed by atoms with Crippen LogP contribution in [0.3, 0.4) is 0 Å². The maximum absolute atomic E-state index is 12.1. The summed E-state index contributed by atoms with van der Waals surface area (Å²) in [6, 6.07) is 5.11. The third-order valence-corrected chi connectivity index (χ3v) is 3.39. The van der Waals surface area contributed by atoms with E-state index in [-0.39, 0.29) is 18.1 Å². The van der Waals surface area contributed by atoms with Gasteiger partial charge in [-0.2, -0.15) is 0 Å². The maximum atomic E-state index is 12.1. The normalized spacial score (nSPS) is 22.1. The molecule has 6 heteroatoms. The molecule has 20 heavy (non-hydrogen) atoms. The molecule has 0 radical (unpaired) electrons. The molecule has 1 fully saturated rings. The second-order valence-electron chi connectivity index (χ2n) is 5.18. The lowest BCUT2D eigenvalue weighted by molar-refractivity contribution is -0.117. The lowest BCUT2D eigenvalue weighted by atomic mass is 10.2. The molecule has 1 aliphatic heterocycles. The third kappa shape index (κ3) is 4.19. The molecule has 0 aliphatic carbocycles. The SMILES string of the molecule is CC(C)Oc1cc(Br)cc(NC(=O)[C@H]2C[C@H](O)CN2)c1. The first-order valence-corrected chi connectivity index (χ1v) is 7.43. The van der Waals surface area contributed by atoms with Gasteiger partial charge in [-0.25, -0.2) is 0 Å². The smallest absolute Gasteiger partial charge is 0.241 e. The van der Waals surface area contributed by atoms with Gasteiger partial charge in [0.05, 0.1) is 18.2 Å². The van der Waals surface area contributed by atoms with Gasteiger partial charge in [0.15, 0.2) is 0 Å². The first-order valence-electron chi connectivity index (χ1n) is 6.63. The number of anilines is 1. The van der Waals surface area contributed by atoms with E-state index in [1.54, 1.807) is 6.07 Å². The second kappa shape index (κ2) is 6.56. The Bertz CT molecular complexity index is 493. The number of amides is 1. The van der Waals surface area contributed by atoms with Crippen molar-refractivity contribution >= 4 is 27.5 Å². The van der Waals surface area contributed by atoms with Crippen molar-refractivity contribution in [3.05, 3.63) is 22.7 Å². The van der Waals surface area contributed by atoms with Crippen molar-refractivity contribution in [3.8, 4) is 5.75 Å². The number of carbonyl (C=O) groups is 1. The fourth-order valence-corrected chi connectivity index (χ4v) is 2.59. The van der Waals surface area contributed by atoms with Crippen molar-refractivity contribution in [1.29, 1.82) is 0 Å². The molecule has 2 atom stereocenters. The molecule has 1 aromatic rings. The Hall–Kier alpha value is -1.11. The van der Waals surface area contributed by atoms with E-state index in [1.807, 2.05) is 26.0 Å². The molecule has 0 unspecified atom stereocenters. The molecule has 110 valence electrons. The minimum absolute atomic E-state index is 0.0690.